The maximum Gasteiger partial charge on any atom is 0.327 e. The third-order valence-corrected chi connectivity index (χ3v) is 2.57. The van der Waals surface area contributed by atoms with Crippen molar-refractivity contribution >= 4 is 5.97 Å². The van der Waals surface area contributed by atoms with E-state index in [0.717, 1.165) is 0 Å². The van der Waals surface area contributed by atoms with Crippen LogP contribution in [0.15, 0.2) is 29.4 Å². The SMILES string of the molecule is CCOC(=O)C(NCCCN=[N+]=[N-])c1ccc(F)cc1. The summed E-state index contributed by atoms with van der Waals surface area (Å²) in [6.45, 7) is 2.83. The molecule has 1 aromatic rings. The van der Waals surface area contributed by atoms with Crippen molar-refractivity contribution in [2.45, 2.75) is 19.4 Å². The van der Waals surface area contributed by atoms with E-state index in [-0.39, 0.29) is 12.4 Å². The Balaban J connectivity index is 2.67. The topological polar surface area (TPSA) is 87.1 Å². The van der Waals surface area contributed by atoms with E-state index in [9.17, 15) is 9.18 Å². The normalized spacial score (nSPS) is 11.5. The van der Waals surface area contributed by atoms with Gasteiger partial charge in [-0.1, -0.05) is 17.2 Å². The van der Waals surface area contributed by atoms with Crippen molar-refractivity contribution in [3.8, 4) is 0 Å². The summed E-state index contributed by atoms with van der Waals surface area (Å²) in [6, 6.07) is 5.02. The van der Waals surface area contributed by atoms with Gasteiger partial charge in [-0.3, -0.25) is 0 Å². The summed E-state index contributed by atoms with van der Waals surface area (Å²) >= 11 is 0. The molecular formula is C13H17FN4O2. The number of halogens is 1. The lowest BCUT2D eigenvalue weighted by Gasteiger charge is -2.17. The average Bonchev–Trinajstić information content (AvgIpc) is 2.44. The highest BCUT2D eigenvalue weighted by atomic mass is 19.1. The molecule has 0 saturated carbocycles. The predicted molar refractivity (Wildman–Crippen MR) is 72.4 cm³/mol. The van der Waals surface area contributed by atoms with Crippen molar-refractivity contribution in [3.63, 3.8) is 0 Å². The van der Waals surface area contributed by atoms with Crippen molar-refractivity contribution in [1.29, 1.82) is 0 Å². The van der Waals surface area contributed by atoms with E-state index < -0.39 is 12.0 Å². The smallest absolute Gasteiger partial charge is 0.327 e. The van der Waals surface area contributed by atoms with Gasteiger partial charge in [-0.25, -0.2) is 9.18 Å². The van der Waals surface area contributed by atoms with Crippen LogP contribution in [-0.4, -0.2) is 25.7 Å². The van der Waals surface area contributed by atoms with Crippen molar-refractivity contribution in [1.82, 2.24) is 5.32 Å². The van der Waals surface area contributed by atoms with Gasteiger partial charge in [0.05, 0.1) is 6.61 Å². The lowest BCUT2D eigenvalue weighted by Crippen LogP contribution is -2.31. The summed E-state index contributed by atoms with van der Waals surface area (Å²) in [7, 11) is 0. The molecule has 7 heteroatoms. The number of carbonyl (C=O) groups is 1. The molecule has 0 heterocycles. The first-order valence-electron chi connectivity index (χ1n) is 6.35. The zero-order valence-corrected chi connectivity index (χ0v) is 11.3. The van der Waals surface area contributed by atoms with E-state index in [4.69, 9.17) is 10.3 Å². The van der Waals surface area contributed by atoms with Crippen LogP contribution in [0.25, 0.3) is 10.4 Å². The van der Waals surface area contributed by atoms with Crippen LogP contribution >= 0.6 is 0 Å². The van der Waals surface area contributed by atoms with Crippen LogP contribution in [0.1, 0.15) is 24.9 Å². The molecule has 0 radical (unpaired) electrons. The van der Waals surface area contributed by atoms with Gasteiger partial charge in [-0.05, 0) is 43.1 Å². The fourth-order valence-electron chi connectivity index (χ4n) is 1.66. The van der Waals surface area contributed by atoms with E-state index >= 15 is 0 Å². The van der Waals surface area contributed by atoms with E-state index in [1.165, 1.54) is 24.3 Å². The number of nitrogens with zero attached hydrogens (tertiary/aromatic N) is 3. The largest absolute Gasteiger partial charge is 0.465 e. The maximum absolute atomic E-state index is 12.9. The molecule has 0 spiro atoms. The highest BCUT2D eigenvalue weighted by Gasteiger charge is 2.20. The monoisotopic (exact) mass is 280 g/mol. The van der Waals surface area contributed by atoms with Crippen molar-refractivity contribution in [2.24, 2.45) is 5.11 Å². The van der Waals surface area contributed by atoms with Gasteiger partial charge in [0, 0.05) is 11.5 Å². The van der Waals surface area contributed by atoms with Crippen molar-refractivity contribution in [2.75, 3.05) is 19.7 Å². The summed E-state index contributed by atoms with van der Waals surface area (Å²) < 4.78 is 17.9. The molecule has 0 bridgehead atoms. The Hall–Kier alpha value is -2.11. The second-order valence-corrected chi connectivity index (χ2v) is 4.00. The molecular weight excluding hydrogens is 263 g/mol. The highest BCUT2D eigenvalue weighted by Crippen LogP contribution is 2.15. The van der Waals surface area contributed by atoms with Crippen molar-refractivity contribution < 1.29 is 13.9 Å². The molecule has 0 aromatic heterocycles. The first kappa shape index (κ1) is 15.9. The van der Waals surface area contributed by atoms with E-state index in [2.05, 4.69) is 15.3 Å². The van der Waals surface area contributed by atoms with Gasteiger partial charge in [0.2, 0.25) is 0 Å². The summed E-state index contributed by atoms with van der Waals surface area (Å²) in [4.78, 5) is 14.5. The van der Waals surface area contributed by atoms with Gasteiger partial charge in [0.15, 0.2) is 0 Å². The quantitative estimate of drug-likeness (QED) is 0.261. The molecule has 1 unspecified atom stereocenters. The molecule has 0 aliphatic carbocycles. The molecule has 6 nitrogen and oxygen atoms in total. The Kier molecular flexibility index (Phi) is 7.10. The lowest BCUT2D eigenvalue weighted by atomic mass is 10.1. The first-order chi connectivity index (χ1) is 9.69. The molecule has 108 valence electrons. The average molecular weight is 280 g/mol. The molecule has 20 heavy (non-hydrogen) atoms. The van der Waals surface area contributed by atoms with Gasteiger partial charge >= 0.3 is 5.97 Å². The summed E-state index contributed by atoms with van der Waals surface area (Å²) in [6.07, 6.45) is 0.598. The number of ether oxygens (including phenoxy) is 1. The molecule has 0 saturated heterocycles. The minimum Gasteiger partial charge on any atom is -0.465 e. The Bertz CT molecular complexity index is 472. The summed E-state index contributed by atoms with van der Waals surface area (Å²) in [5, 5.41) is 6.43. The molecule has 1 rings (SSSR count). The number of carbonyl (C=O) groups excluding carboxylic acids is 1. The fraction of sp³-hybridized carbons (Fsp3) is 0.462. The number of hydrogen-bond donors (Lipinski definition) is 1. The molecule has 1 atom stereocenters. The molecule has 0 aliphatic heterocycles. The van der Waals surface area contributed by atoms with Crippen LogP contribution in [0.3, 0.4) is 0 Å². The van der Waals surface area contributed by atoms with Gasteiger partial charge in [-0.2, -0.15) is 0 Å². The summed E-state index contributed by atoms with van der Waals surface area (Å²) in [5.74, 6) is -0.775. The predicted octanol–water partition coefficient (Wildman–Crippen LogP) is 2.72. The van der Waals surface area contributed by atoms with Crippen LogP contribution in [0.5, 0.6) is 0 Å². The van der Waals surface area contributed by atoms with Crippen LogP contribution < -0.4 is 5.32 Å². The number of hydrogen-bond acceptors (Lipinski definition) is 4. The van der Waals surface area contributed by atoms with Crippen LogP contribution in [0.2, 0.25) is 0 Å². The van der Waals surface area contributed by atoms with Gasteiger partial charge < -0.3 is 10.1 Å². The number of nitrogens with one attached hydrogen (secondary N) is 1. The number of esters is 1. The Morgan fingerprint density at radius 2 is 2.20 bits per heavy atom. The third-order valence-electron chi connectivity index (χ3n) is 2.57. The van der Waals surface area contributed by atoms with Gasteiger partial charge in [0.25, 0.3) is 0 Å². The minimum atomic E-state index is -0.651. The fourth-order valence-corrected chi connectivity index (χ4v) is 1.66. The van der Waals surface area contributed by atoms with Crippen LogP contribution in [0.4, 0.5) is 4.39 Å². The lowest BCUT2D eigenvalue weighted by molar-refractivity contribution is -0.145. The van der Waals surface area contributed by atoms with Gasteiger partial charge in [-0.15, -0.1) is 0 Å². The molecule has 0 fully saturated rings. The molecule has 0 aliphatic rings. The second kappa shape index (κ2) is 8.90. The number of rotatable bonds is 8. The van der Waals surface area contributed by atoms with Crippen molar-refractivity contribution in [3.05, 3.63) is 46.1 Å². The second-order valence-electron chi connectivity index (χ2n) is 4.00. The molecule has 0 amide bonds. The van der Waals surface area contributed by atoms with E-state index in [0.29, 0.717) is 25.1 Å². The van der Waals surface area contributed by atoms with Crippen LogP contribution in [0, 0.1) is 5.82 Å². The van der Waals surface area contributed by atoms with E-state index in [1.807, 2.05) is 0 Å². The third kappa shape index (κ3) is 5.26. The molecule has 1 N–H and O–H groups in total. The van der Waals surface area contributed by atoms with Crippen LogP contribution in [-0.2, 0) is 9.53 Å². The standard InChI is InChI=1S/C13H17FN4O2/c1-2-20-13(19)12(16-8-3-9-17-18-15)10-4-6-11(14)7-5-10/h4-7,12,16H,2-3,8-9H2,1H3. The van der Waals surface area contributed by atoms with E-state index in [1.54, 1.807) is 6.92 Å². The summed E-state index contributed by atoms with van der Waals surface area (Å²) in [5.41, 5.74) is 8.80. The molecule has 1 aromatic carbocycles. The zero-order chi connectivity index (χ0) is 14.8. The zero-order valence-electron chi connectivity index (χ0n) is 11.3. The first-order valence-corrected chi connectivity index (χ1v) is 6.35. The number of azide groups is 1. The maximum atomic E-state index is 12.9. The Labute approximate surface area is 116 Å². The Morgan fingerprint density at radius 1 is 1.50 bits per heavy atom. The highest BCUT2D eigenvalue weighted by molar-refractivity contribution is 5.77. The minimum absolute atomic E-state index is 0.275. The van der Waals surface area contributed by atoms with Gasteiger partial charge in [0.1, 0.15) is 11.9 Å². The number of benzene rings is 1. The Morgan fingerprint density at radius 3 is 2.80 bits per heavy atom.